The predicted molar refractivity (Wildman–Crippen MR) is 104 cm³/mol. The zero-order valence-electron chi connectivity index (χ0n) is 14.8. The molecule has 0 saturated heterocycles. The quantitative estimate of drug-likeness (QED) is 0.521. The number of aromatic hydroxyl groups is 1. The maximum Gasteiger partial charge on any atom is 0.260 e. The van der Waals surface area contributed by atoms with Gasteiger partial charge in [0.25, 0.3) is 5.56 Å². The van der Waals surface area contributed by atoms with Gasteiger partial charge in [-0.25, -0.2) is 0 Å². The van der Waals surface area contributed by atoms with Gasteiger partial charge in [0.2, 0.25) is 5.88 Å². The molecule has 1 aromatic carbocycles. The van der Waals surface area contributed by atoms with Crippen LogP contribution in [-0.2, 0) is 6.42 Å². The summed E-state index contributed by atoms with van der Waals surface area (Å²) in [5, 5.41) is 15.4. The lowest BCUT2D eigenvalue weighted by Crippen LogP contribution is -2.35. The van der Waals surface area contributed by atoms with Crippen LogP contribution in [0.2, 0.25) is 0 Å². The highest BCUT2D eigenvalue weighted by Gasteiger charge is 2.34. The van der Waals surface area contributed by atoms with Crippen molar-refractivity contribution >= 4 is 23.1 Å². The molecule has 1 saturated carbocycles. The molecule has 3 aromatic rings. The fraction of sp³-hybridized carbons (Fsp3) is 0.368. The maximum atomic E-state index is 12.7. The Morgan fingerprint density at radius 1 is 1.30 bits per heavy atom. The molecule has 8 heteroatoms. The first kappa shape index (κ1) is 16.6. The Morgan fingerprint density at radius 2 is 2.11 bits per heavy atom. The number of rotatable bonds is 3. The molecule has 3 heterocycles. The lowest BCUT2D eigenvalue weighted by Gasteiger charge is -2.25. The van der Waals surface area contributed by atoms with Crippen molar-refractivity contribution in [3.8, 4) is 11.6 Å². The van der Waals surface area contributed by atoms with Crippen molar-refractivity contribution in [3.63, 3.8) is 0 Å². The number of hydrogen-bond donors (Lipinski definition) is 4. The Hall–Kier alpha value is -2.58. The highest BCUT2D eigenvalue weighted by molar-refractivity contribution is 7.71. The third-order valence-electron chi connectivity index (χ3n) is 5.51. The second-order valence-electron chi connectivity index (χ2n) is 7.16. The lowest BCUT2D eigenvalue weighted by atomic mass is 9.95. The second kappa shape index (κ2) is 5.97. The molecular weight excluding hydrogens is 364 g/mol. The smallest absolute Gasteiger partial charge is 0.260 e. The van der Waals surface area contributed by atoms with Gasteiger partial charge in [0.1, 0.15) is 11.3 Å². The lowest BCUT2D eigenvalue weighted by molar-refractivity contribution is 0.387. The van der Waals surface area contributed by atoms with Crippen molar-refractivity contribution in [1.82, 2.24) is 19.9 Å². The monoisotopic (exact) mass is 384 g/mol. The van der Waals surface area contributed by atoms with Gasteiger partial charge in [-0.1, -0.05) is 0 Å². The van der Waals surface area contributed by atoms with Crippen molar-refractivity contribution in [2.45, 2.75) is 31.3 Å². The van der Waals surface area contributed by atoms with Crippen molar-refractivity contribution in [2.75, 3.05) is 13.7 Å². The summed E-state index contributed by atoms with van der Waals surface area (Å²) in [7, 11) is 1.65. The summed E-state index contributed by atoms with van der Waals surface area (Å²) in [4.78, 5) is 18.9. The van der Waals surface area contributed by atoms with E-state index < -0.39 is 6.04 Å². The molecule has 140 valence electrons. The molecule has 7 nitrogen and oxygen atoms in total. The zero-order valence-corrected chi connectivity index (χ0v) is 15.7. The normalized spacial score (nSPS) is 19.2. The molecule has 4 N–H and O–H groups in total. The number of nitrogens with zero attached hydrogens (tertiary/aromatic N) is 1. The Balaban J connectivity index is 1.72. The Morgan fingerprint density at radius 3 is 2.85 bits per heavy atom. The second-order valence-corrected chi connectivity index (χ2v) is 7.55. The Labute approximate surface area is 160 Å². The summed E-state index contributed by atoms with van der Waals surface area (Å²) in [6.07, 6.45) is 2.76. The number of hydrogen-bond acceptors (Lipinski definition) is 5. The summed E-state index contributed by atoms with van der Waals surface area (Å²) >= 11 is 5.27. The molecule has 1 aliphatic heterocycles. The SMILES string of the molecule is COc1ccc2[nH]c3c(c2c1)CCN[C@H]3c1c(O)n(C2CC2)c(=S)[nH]c1=O. The van der Waals surface area contributed by atoms with Crippen LogP contribution in [0.4, 0.5) is 0 Å². The largest absolute Gasteiger partial charge is 0.497 e. The van der Waals surface area contributed by atoms with Crippen LogP contribution in [0, 0.1) is 4.77 Å². The van der Waals surface area contributed by atoms with E-state index in [0.29, 0.717) is 12.1 Å². The van der Waals surface area contributed by atoms with E-state index in [2.05, 4.69) is 15.3 Å². The first-order chi connectivity index (χ1) is 13.1. The van der Waals surface area contributed by atoms with E-state index in [1.54, 1.807) is 11.7 Å². The number of fused-ring (bicyclic) bond motifs is 3. The number of ether oxygens (including phenoxy) is 1. The van der Waals surface area contributed by atoms with Crippen LogP contribution < -0.4 is 15.6 Å². The minimum atomic E-state index is -0.420. The molecule has 1 aliphatic carbocycles. The molecule has 0 spiro atoms. The number of H-pyrrole nitrogens is 2. The van der Waals surface area contributed by atoms with Crippen molar-refractivity contribution < 1.29 is 9.84 Å². The Bertz CT molecular complexity index is 1170. The van der Waals surface area contributed by atoms with Crippen LogP contribution in [0.3, 0.4) is 0 Å². The van der Waals surface area contributed by atoms with Crippen LogP contribution in [0.25, 0.3) is 10.9 Å². The summed E-state index contributed by atoms with van der Waals surface area (Å²) in [6.45, 7) is 0.708. The minimum absolute atomic E-state index is 0.0344. The Kier molecular flexibility index (Phi) is 3.66. The van der Waals surface area contributed by atoms with E-state index in [-0.39, 0.29) is 22.3 Å². The molecule has 0 bridgehead atoms. The van der Waals surface area contributed by atoms with Gasteiger partial charge >= 0.3 is 0 Å². The third kappa shape index (κ3) is 2.51. The van der Waals surface area contributed by atoms with Crippen molar-refractivity contribution in [1.29, 1.82) is 0 Å². The van der Waals surface area contributed by atoms with E-state index in [9.17, 15) is 9.90 Å². The molecule has 0 radical (unpaired) electrons. The van der Waals surface area contributed by atoms with Crippen LogP contribution >= 0.6 is 12.2 Å². The number of aromatic amines is 2. The fourth-order valence-electron chi connectivity index (χ4n) is 4.06. The molecule has 2 aliphatic rings. The van der Waals surface area contributed by atoms with Crippen LogP contribution in [0.1, 0.15) is 41.7 Å². The summed E-state index contributed by atoms with van der Waals surface area (Å²) in [6, 6.07) is 5.64. The van der Waals surface area contributed by atoms with Gasteiger partial charge in [-0.3, -0.25) is 14.3 Å². The van der Waals surface area contributed by atoms with E-state index in [0.717, 1.165) is 47.2 Å². The molecule has 2 aromatic heterocycles. The molecule has 1 atom stereocenters. The van der Waals surface area contributed by atoms with Gasteiger partial charge in [0, 0.05) is 29.2 Å². The fourth-order valence-corrected chi connectivity index (χ4v) is 4.39. The summed E-state index contributed by atoms with van der Waals surface area (Å²) in [5.74, 6) is 0.759. The van der Waals surface area contributed by atoms with Gasteiger partial charge < -0.3 is 20.1 Å². The standard InChI is InChI=1S/C19H20N4O3S/c1-26-10-4-5-13-12(8-10)11-6-7-20-16(15(11)21-13)14-17(24)22-19(27)23(18(14)25)9-2-3-9/h4-5,8-9,16,20-21,25H,2-3,6-7H2,1H3,(H,22,24,27)/t16-/m0/s1. The van der Waals surface area contributed by atoms with Crippen molar-refractivity contribution in [2.24, 2.45) is 0 Å². The van der Waals surface area contributed by atoms with Crippen LogP contribution in [-0.4, -0.2) is 33.3 Å². The van der Waals surface area contributed by atoms with E-state index in [4.69, 9.17) is 17.0 Å². The van der Waals surface area contributed by atoms with E-state index in [1.165, 1.54) is 0 Å². The molecule has 27 heavy (non-hydrogen) atoms. The third-order valence-corrected chi connectivity index (χ3v) is 5.81. The molecule has 5 rings (SSSR count). The van der Waals surface area contributed by atoms with Gasteiger partial charge in [0.05, 0.1) is 13.2 Å². The topological polar surface area (TPSA) is 95.1 Å². The molecular formula is C19H20N4O3S. The summed E-state index contributed by atoms with van der Waals surface area (Å²) in [5.41, 5.74) is 3.00. The molecule has 0 unspecified atom stereocenters. The van der Waals surface area contributed by atoms with E-state index in [1.807, 2.05) is 18.2 Å². The highest BCUT2D eigenvalue weighted by Crippen LogP contribution is 2.41. The predicted octanol–water partition coefficient (Wildman–Crippen LogP) is 2.67. The molecule has 0 amide bonds. The first-order valence-corrected chi connectivity index (χ1v) is 9.49. The average molecular weight is 384 g/mol. The number of aromatic nitrogens is 3. The average Bonchev–Trinajstić information content (AvgIpc) is 3.41. The van der Waals surface area contributed by atoms with Crippen molar-refractivity contribution in [3.05, 3.63) is 50.1 Å². The summed E-state index contributed by atoms with van der Waals surface area (Å²) < 4.78 is 7.31. The zero-order chi connectivity index (χ0) is 18.7. The first-order valence-electron chi connectivity index (χ1n) is 9.08. The van der Waals surface area contributed by atoms with Crippen LogP contribution in [0.15, 0.2) is 23.0 Å². The van der Waals surface area contributed by atoms with Gasteiger partial charge in [-0.15, -0.1) is 0 Å². The number of nitrogens with one attached hydrogen (secondary N) is 3. The van der Waals surface area contributed by atoms with Gasteiger partial charge in [-0.2, -0.15) is 0 Å². The van der Waals surface area contributed by atoms with Crippen LogP contribution in [0.5, 0.6) is 11.6 Å². The maximum absolute atomic E-state index is 12.7. The number of methoxy groups -OCH3 is 1. The van der Waals surface area contributed by atoms with Gasteiger partial charge in [0.15, 0.2) is 4.77 Å². The number of benzene rings is 1. The van der Waals surface area contributed by atoms with E-state index >= 15 is 0 Å². The van der Waals surface area contributed by atoms with Gasteiger partial charge in [-0.05, 0) is 55.2 Å². The molecule has 1 fully saturated rings. The highest BCUT2D eigenvalue weighted by atomic mass is 32.1. The minimum Gasteiger partial charge on any atom is -0.497 e.